The van der Waals surface area contributed by atoms with Crippen LogP contribution in [-0.2, 0) is 6.42 Å². The fraction of sp³-hybridized carbons (Fsp3) is 0.375. The molecule has 1 aromatic heterocycles. The first kappa shape index (κ1) is 19.4. The molecule has 29 heavy (non-hydrogen) atoms. The third kappa shape index (κ3) is 3.46. The highest BCUT2D eigenvalue weighted by molar-refractivity contribution is 5.78. The minimum Gasteiger partial charge on any atom is -0.493 e. The molecule has 5 nitrogen and oxygen atoms in total. The van der Waals surface area contributed by atoms with Crippen molar-refractivity contribution in [3.8, 4) is 28.4 Å². The number of nitrogens with zero attached hydrogens (tertiary/aromatic N) is 2. The molecular formula is C24H29N3O2. The molecule has 152 valence electrons. The fourth-order valence-corrected chi connectivity index (χ4v) is 4.14. The van der Waals surface area contributed by atoms with Crippen LogP contribution >= 0.6 is 0 Å². The summed E-state index contributed by atoms with van der Waals surface area (Å²) in [6.07, 6.45) is 3.27. The summed E-state index contributed by atoms with van der Waals surface area (Å²) in [7, 11) is 3.35. The number of aromatic nitrogens is 2. The summed E-state index contributed by atoms with van der Waals surface area (Å²) >= 11 is 0. The van der Waals surface area contributed by atoms with E-state index in [0.29, 0.717) is 5.92 Å². The van der Waals surface area contributed by atoms with Crippen LogP contribution in [0.5, 0.6) is 11.5 Å². The summed E-state index contributed by atoms with van der Waals surface area (Å²) in [6, 6.07) is 14.5. The molecule has 0 amide bonds. The van der Waals surface area contributed by atoms with Gasteiger partial charge in [-0.15, -0.1) is 0 Å². The smallest absolute Gasteiger partial charge is 0.170 e. The van der Waals surface area contributed by atoms with Crippen molar-refractivity contribution in [3.63, 3.8) is 0 Å². The predicted octanol–water partition coefficient (Wildman–Crippen LogP) is 5.43. The van der Waals surface area contributed by atoms with E-state index in [4.69, 9.17) is 14.6 Å². The third-order valence-corrected chi connectivity index (χ3v) is 5.57. The van der Waals surface area contributed by atoms with Gasteiger partial charge in [0.05, 0.1) is 19.9 Å². The number of rotatable bonds is 5. The van der Waals surface area contributed by atoms with Crippen LogP contribution in [0.15, 0.2) is 42.5 Å². The van der Waals surface area contributed by atoms with Gasteiger partial charge in [0, 0.05) is 17.7 Å². The number of hydrogen-bond acceptors (Lipinski definition) is 4. The van der Waals surface area contributed by atoms with Crippen LogP contribution in [0.1, 0.15) is 43.7 Å². The Kier molecular flexibility index (Phi) is 5.47. The van der Waals surface area contributed by atoms with Gasteiger partial charge in [-0.1, -0.05) is 38.1 Å². The normalized spacial score (nSPS) is 13.6. The molecule has 0 fully saturated rings. The first-order chi connectivity index (χ1) is 14.2. The Balaban J connectivity index is 1.97. The number of methoxy groups -OCH3 is 2. The third-order valence-electron chi connectivity index (χ3n) is 5.57. The van der Waals surface area contributed by atoms with Crippen molar-refractivity contribution < 1.29 is 9.47 Å². The maximum atomic E-state index is 5.73. The number of benzene rings is 2. The van der Waals surface area contributed by atoms with E-state index in [2.05, 4.69) is 54.2 Å². The van der Waals surface area contributed by atoms with Gasteiger partial charge in [0.1, 0.15) is 11.5 Å². The van der Waals surface area contributed by atoms with Crippen molar-refractivity contribution >= 4 is 5.82 Å². The van der Waals surface area contributed by atoms with E-state index in [1.165, 1.54) is 11.1 Å². The predicted molar refractivity (Wildman–Crippen MR) is 118 cm³/mol. The molecule has 0 radical (unpaired) electrons. The Hall–Kier alpha value is -2.95. The van der Waals surface area contributed by atoms with Crippen LogP contribution in [-0.4, -0.2) is 30.5 Å². The van der Waals surface area contributed by atoms with Gasteiger partial charge in [0.25, 0.3) is 0 Å². The molecule has 1 N–H and O–H groups in total. The van der Waals surface area contributed by atoms with Crippen molar-refractivity contribution in [1.29, 1.82) is 0 Å². The second kappa shape index (κ2) is 8.19. The van der Waals surface area contributed by atoms with Gasteiger partial charge >= 0.3 is 0 Å². The maximum Gasteiger partial charge on any atom is 0.170 e. The van der Waals surface area contributed by atoms with Gasteiger partial charge in [0.15, 0.2) is 11.5 Å². The minimum atomic E-state index is 0.409. The number of ether oxygens (including phenoxy) is 2. The highest BCUT2D eigenvalue weighted by Crippen LogP contribution is 2.42. The quantitative estimate of drug-likeness (QED) is 0.630. The van der Waals surface area contributed by atoms with Gasteiger partial charge in [-0.2, -0.15) is 5.10 Å². The topological polar surface area (TPSA) is 48.3 Å². The second-order valence-electron chi connectivity index (χ2n) is 7.73. The van der Waals surface area contributed by atoms with Gasteiger partial charge in [-0.25, -0.2) is 4.68 Å². The Labute approximate surface area is 172 Å². The minimum absolute atomic E-state index is 0.409. The van der Waals surface area contributed by atoms with Crippen molar-refractivity contribution in [2.75, 3.05) is 26.1 Å². The lowest BCUT2D eigenvalue weighted by Crippen LogP contribution is -2.09. The molecule has 0 bridgehead atoms. The van der Waals surface area contributed by atoms with Crippen LogP contribution in [0, 0.1) is 0 Å². The van der Waals surface area contributed by atoms with Crippen molar-refractivity contribution in [3.05, 3.63) is 53.6 Å². The van der Waals surface area contributed by atoms with Crippen LogP contribution in [0.25, 0.3) is 16.9 Å². The first-order valence-corrected chi connectivity index (χ1v) is 10.3. The monoisotopic (exact) mass is 391 g/mol. The van der Waals surface area contributed by atoms with E-state index in [1.54, 1.807) is 14.2 Å². The lowest BCUT2D eigenvalue weighted by molar-refractivity contribution is 0.356. The summed E-state index contributed by atoms with van der Waals surface area (Å²) in [5.74, 6) is 2.95. The maximum absolute atomic E-state index is 5.73. The van der Waals surface area contributed by atoms with Crippen LogP contribution in [0.3, 0.4) is 0 Å². The molecule has 0 atom stereocenters. The molecule has 0 unspecified atom stereocenters. The highest BCUT2D eigenvalue weighted by atomic mass is 16.5. The average molecular weight is 392 g/mol. The Morgan fingerprint density at radius 3 is 2.59 bits per heavy atom. The SMILES string of the molecule is COc1cccc(-c2nn(-c3ccccc3C(C)C)c3c2CCCCN3)c1OC. The number of para-hydroxylation sites is 2. The van der Waals surface area contributed by atoms with Crippen molar-refractivity contribution in [1.82, 2.24) is 9.78 Å². The van der Waals surface area contributed by atoms with Gasteiger partial charge in [-0.05, 0) is 48.9 Å². The molecular weight excluding hydrogens is 362 g/mol. The number of anilines is 1. The lowest BCUT2D eigenvalue weighted by Gasteiger charge is -2.15. The molecule has 0 spiro atoms. The van der Waals surface area contributed by atoms with E-state index < -0.39 is 0 Å². The zero-order valence-electron chi connectivity index (χ0n) is 17.7. The van der Waals surface area contributed by atoms with Crippen LogP contribution in [0.2, 0.25) is 0 Å². The molecule has 3 aromatic rings. The Morgan fingerprint density at radius 2 is 1.83 bits per heavy atom. The number of fused-ring (bicyclic) bond motifs is 1. The molecule has 0 saturated carbocycles. The summed E-state index contributed by atoms with van der Waals surface area (Å²) in [5.41, 5.74) is 5.58. The molecule has 2 heterocycles. The molecule has 4 rings (SSSR count). The fourth-order valence-electron chi connectivity index (χ4n) is 4.14. The summed E-state index contributed by atoms with van der Waals surface area (Å²) in [4.78, 5) is 0. The summed E-state index contributed by atoms with van der Waals surface area (Å²) in [6.45, 7) is 5.40. The van der Waals surface area contributed by atoms with Gasteiger partial charge < -0.3 is 14.8 Å². The van der Waals surface area contributed by atoms with E-state index in [-0.39, 0.29) is 0 Å². The summed E-state index contributed by atoms with van der Waals surface area (Å²) < 4.78 is 13.3. The highest BCUT2D eigenvalue weighted by Gasteiger charge is 2.25. The van der Waals surface area contributed by atoms with E-state index in [1.807, 2.05) is 12.1 Å². The Morgan fingerprint density at radius 1 is 1.00 bits per heavy atom. The van der Waals surface area contributed by atoms with Crippen LogP contribution < -0.4 is 14.8 Å². The van der Waals surface area contributed by atoms with Crippen molar-refractivity contribution in [2.45, 2.75) is 39.0 Å². The Bertz CT molecular complexity index is 1010. The number of hydrogen-bond donors (Lipinski definition) is 1. The van der Waals surface area contributed by atoms with Crippen molar-refractivity contribution in [2.24, 2.45) is 0 Å². The van der Waals surface area contributed by atoms with E-state index >= 15 is 0 Å². The van der Waals surface area contributed by atoms with E-state index in [9.17, 15) is 0 Å². The molecule has 1 aliphatic rings. The standard InChI is InChI=1S/C24H29N3O2/c1-16(2)17-10-5-6-13-20(17)27-24-19(11-7-8-15-25-24)22(26-27)18-12-9-14-21(28-3)23(18)29-4/h5-6,9-10,12-14,16,25H,7-8,11,15H2,1-4H3. The molecule has 0 saturated heterocycles. The number of nitrogens with one attached hydrogen (secondary N) is 1. The first-order valence-electron chi connectivity index (χ1n) is 10.3. The molecule has 5 heteroatoms. The second-order valence-corrected chi connectivity index (χ2v) is 7.73. The zero-order valence-corrected chi connectivity index (χ0v) is 17.7. The summed E-state index contributed by atoms with van der Waals surface area (Å²) in [5, 5.41) is 8.76. The van der Waals surface area contributed by atoms with E-state index in [0.717, 1.165) is 60.1 Å². The van der Waals surface area contributed by atoms with Gasteiger partial charge in [-0.3, -0.25) is 0 Å². The lowest BCUT2D eigenvalue weighted by atomic mass is 10.0. The van der Waals surface area contributed by atoms with Gasteiger partial charge in [0.2, 0.25) is 0 Å². The average Bonchev–Trinajstić information content (AvgIpc) is 2.93. The zero-order chi connectivity index (χ0) is 20.4. The molecule has 1 aliphatic heterocycles. The molecule has 2 aromatic carbocycles. The largest absolute Gasteiger partial charge is 0.493 e. The molecule has 0 aliphatic carbocycles. The van der Waals surface area contributed by atoms with Crippen LogP contribution in [0.4, 0.5) is 5.82 Å².